The van der Waals surface area contributed by atoms with Crippen LogP contribution in [0.1, 0.15) is 44.3 Å². The van der Waals surface area contributed by atoms with Crippen LogP contribution in [-0.2, 0) is 18.2 Å². The highest BCUT2D eigenvalue weighted by molar-refractivity contribution is 5.07. The summed E-state index contributed by atoms with van der Waals surface area (Å²) in [4.78, 5) is 4.67. The normalized spacial score (nSPS) is 23.7. The maximum absolute atomic E-state index is 5.60. The average molecular weight is 252 g/mol. The van der Waals surface area contributed by atoms with Crippen molar-refractivity contribution < 1.29 is 4.74 Å². The van der Waals surface area contributed by atoms with Gasteiger partial charge in [0.2, 0.25) is 0 Å². The van der Waals surface area contributed by atoms with Gasteiger partial charge in [-0.25, -0.2) is 4.98 Å². The van der Waals surface area contributed by atoms with Crippen LogP contribution in [0.2, 0.25) is 0 Å². The lowest BCUT2D eigenvalue weighted by atomic mass is 10.0. The fourth-order valence-electron chi connectivity index (χ4n) is 2.44. The minimum atomic E-state index is 0.333. The highest BCUT2D eigenvalue weighted by Crippen LogP contribution is 2.24. The van der Waals surface area contributed by atoms with E-state index in [1.165, 1.54) is 0 Å². The Morgan fingerprint density at radius 3 is 2.89 bits per heavy atom. The summed E-state index contributed by atoms with van der Waals surface area (Å²) in [5.74, 6) is 2.35. The van der Waals surface area contributed by atoms with Crippen molar-refractivity contribution in [2.45, 2.75) is 45.1 Å². The van der Waals surface area contributed by atoms with Gasteiger partial charge in [0.1, 0.15) is 5.82 Å². The molecule has 0 spiro atoms. The van der Waals surface area contributed by atoms with Crippen LogP contribution >= 0.6 is 0 Å². The molecule has 5 nitrogen and oxygen atoms in total. The molecule has 2 heterocycles. The van der Waals surface area contributed by atoms with Crippen LogP contribution in [0.4, 0.5) is 0 Å². The van der Waals surface area contributed by atoms with E-state index in [4.69, 9.17) is 4.74 Å². The summed E-state index contributed by atoms with van der Waals surface area (Å²) in [7, 11) is 1.98. The van der Waals surface area contributed by atoms with Crippen molar-refractivity contribution >= 4 is 0 Å². The van der Waals surface area contributed by atoms with Gasteiger partial charge in [-0.3, -0.25) is 4.68 Å². The monoisotopic (exact) mass is 252 g/mol. The molecule has 1 aliphatic rings. The van der Waals surface area contributed by atoms with E-state index < -0.39 is 0 Å². The summed E-state index contributed by atoms with van der Waals surface area (Å²) in [5, 5.41) is 8.02. The first-order valence-electron chi connectivity index (χ1n) is 6.97. The van der Waals surface area contributed by atoms with Crippen molar-refractivity contribution in [1.82, 2.24) is 20.1 Å². The number of aryl methyl sites for hydroxylation is 2. The molecule has 1 aromatic rings. The molecule has 2 unspecified atom stereocenters. The van der Waals surface area contributed by atoms with Gasteiger partial charge in [0.15, 0.2) is 5.82 Å². The third kappa shape index (κ3) is 2.90. The molecule has 0 saturated carbocycles. The Morgan fingerprint density at radius 1 is 1.33 bits per heavy atom. The van der Waals surface area contributed by atoms with Crippen molar-refractivity contribution in [2.24, 2.45) is 7.05 Å². The van der Waals surface area contributed by atoms with Crippen LogP contribution in [0.15, 0.2) is 0 Å². The van der Waals surface area contributed by atoms with Crippen LogP contribution in [0.25, 0.3) is 0 Å². The van der Waals surface area contributed by atoms with Crippen molar-refractivity contribution in [3.63, 3.8) is 0 Å². The molecule has 5 heteroatoms. The van der Waals surface area contributed by atoms with Gasteiger partial charge in [0.25, 0.3) is 0 Å². The highest BCUT2D eigenvalue weighted by Gasteiger charge is 2.32. The van der Waals surface area contributed by atoms with E-state index in [1.54, 1.807) is 0 Å². The second kappa shape index (κ2) is 6.29. The molecule has 2 atom stereocenters. The highest BCUT2D eigenvalue weighted by atomic mass is 16.5. The molecule has 2 rings (SSSR count). The van der Waals surface area contributed by atoms with Crippen molar-refractivity contribution in [1.29, 1.82) is 0 Å². The van der Waals surface area contributed by atoms with E-state index in [1.807, 2.05) is 11.7 Å². The van der Waals surface area contributed by atoms with Gasteiger partial charge in [-0.2, -0.15) is 5.10 Å². The summed E-state index contributed by atoms with van der Waals surface area (Å²) >= 11 is 0. The Bertz CT molecular complexity index is 377. The largest absolute Gasteiger partial charge is 0.379 e. The van der Waals surface area contributed by atoms with Gasteiger partial charge in [0, 0.05) is 19.5 Å². The fourth-order valence-corrected chi connectivity index (χ4v) is 2.44. The first-order chi connectivity index (χ1) is 8.76. The molecule has 18 heavy (non-hydrogen) atoms. The summed E-state index contributed by atoms with van der Waals surface area (Å²) in [6.45, 7) is 6.89. The summed E-state index contributed by atoms with van der Waals surface area (Å²) < 4.78 is 7.52. The van der Waals surface area contributed by atoms with Gasteiger partial charge in [0.05, 0.1) is 19.1 Å². The van der Waals surface area contributed by atoms with E-state index in [0.29, 0.717) is 12.0 Å². The average Bonchev–Trinajstić information content (AvgIpc) is 2.93. The number of aromatic nitrogens is 3. The number of rotatable bonds is 6. The predicted molar refractivity (Wildman–Crippen MR) is 70.6 cm³/mol. The number of nitrogens with one attached hydrogen (secondary N) is 1. The van der Waals surface area contributed by atoms with Gasteiger partial charge in [-0.15, -0.1) is 0 Å². The molecule has 102 valence electrons. The molecule has 0 amide bonds. The quantitative estimate of drug-likeness (QED) is 0.828. The molecule has 1 saturated heterocycles. The second-order valence-electron chi connectivity index (χ2n) is 4.96. The van der Waals surface area contributed by atoms with Crippen molar-refractivity contribution in [3.05, 3.63) is 11.6 Å². The topological polar surface area (TPSA) is 52.0 Å². The lowest BCUT2D eigenvalue weighted by Crippen LogP contribution is -2.35. The zero-order valence-corrected chi connectivity index (χ0v) is 11.6. The molecule has 1 aliphatic heterocycles. The number of hydrogen-bond donors (Lipinski definition) is 1. The lowest BCUT2D eigenvalue weighted by Gasteiger charge is -2.17. The first kappa shape index (κ1) is 13.5. The molecule has 0 radical (unpaired) electrons. The van der Waals surface area contributed by atoms with E-state index in [9.17, 15) is 0 Å². The maximum Gasteiger partial charge on any atom is 0.150 e. The third-order valence-corrected chi connectivity index (χ3v) is 3.38. The summed E-state index contributed by atoms with van der Waals surface area (Å²) in [5.41, 5.74) is 0. The zero-order valence-electron chi connectivity index (χ0n) is 11.6. The van der Waals surface area contributed by atoms with Crippen molar-refractivity contribution in [3.8, 4) is 0 Å². The van der Waals surface area contributed by atoms with Gasteiger partial charge in [-0.05, 0) is 19.4 Å². The van der Waals surface area contributed by atoms with Crippen molar-refractivity contribution in [2.75, 3.05) is 19.8 Å². The molecule has 0 aromatic carbocycles. The van der Waals surface area contributed by atoms with Crippen LogP contribution in [0.3, 0.4) is 0 Å². The number of ether oxygens (including phenoxy) is 1. The Kier molecular flexibility index (Phi) is 4.72. The number of nitrogens with zero attached hydrogens (tertiary/aromatic N) is 3. The fraction of sp³-hybridized carbons (Fsp3) is 0.846. The molecule has 0 aliphatic carbocycles. The standard InChI is InChI=1S/C13H24N4O/c1-4-6-12-15-13(17(3)16-12)10-8-18-9-11(10)14-7-5-2/h10-11,14H,4-9H2,1-3H3. The lowest BCUT2D eigenvalue weighted by molar-refractivity contribution is 0.187. The Labute approximate surface area is 109 Å². The predicted octanol–water partition coefficient (Wildman–Crippen LogP) is 1.25. The minimum Gasteiger partial charge on any atom is -0.379 e. The summed E-state index contributed by atoms with van der Waals surface area (Å²) in [6, 6.07) is 0.377. The van der Waals surface area contributed by atoms with Crippen LogP contribution in [0.5, 0.6) is 0 Å². The van der Waals surface area contributed by atoms with E-state index in [0.717, 1.165) is 50.7 Å². The third-order valence-electron chi connectivity index (χ3n) is 3.38. The smallest absolute Gasteiger partial charge is 0.150 e. The molecule has 1 N–H and O–H groups in total. The van der Waals surface area contributed by atoms with E-state index in [2.05, 4.69) is 29.2 Å². The molecule has 0 bridgehead atoms. The van der Waals surface area contributed by atoms with Gasteiger partial charge < -0.3 is 10.1 Å². The van der Waals surface area contributed by atoms with Crippen LogP contribution in [0, 0.1) is 0 Å². The Hall–Kier alpha value is -0.940. The maximum atomic E-state index is 5.60. The SMILES string of the molecule is CCCNC1COCC1c1nc(CCC)nn1C. The minimum absolute atomic E-state index is 0.333. The Morgan fingerprint density at radius 2 is 2.17 bits per heavy atom. The van der Waals surface area contributed by atoms with Gasteiger partial charge >= 0.3 is 0 Å². The molecule has 1 fully saturated rings. The van der Waals surface area contributed by atoms with Crippen LogP contribution < -0.4 is 5.32 Å². The molecular formula is C13H24N4O. The van der Waals surface area contributed by atoms with E-state index >= 15 is 0 Å². The van der Waals surface area contributed by atoms with Gasteiger partial charge in [-0.1, -0.05) is 13.8 Å². The number of hydrogen-bond acceptors (Lipinski definition) is 4. The summed E-state index contributed by atoms with van der Waals surface area (Å²) in [6.07, 6.45) is 3.18. The van der Waals surface area contributed by atoms with E-state index in [-0.39, 0.29) is 0 Å². The zero-order chi connectivity index (χ0) is 13.0. The van der Waals surface area contributed by atoms with Crippen LogP contribution in [-0.4, -0.2) is 40.6 Å². The molecular weight excluding hydrogens is 228 g/mol. The second-order valence-corrected chi connectivity index (χ2v) is 4.96. The Balaban J connectivity index is 2.09. The molecule has 1 aromatic heterocycles. The first-order valence-corrected chi connectivity index (χ1v) is 6.97.